The van der Waals surface area contributed by atoms with Gasteiger partial charge in [0, 0.05) is 11.4 Å². The molecule has 33 heavy (non-hydrogen) atoms. The quantitative estimate of drug-likeness (QED) is 0.418. The third-order valence-corrected chi connectivity index (χ3v) is 7.82. The highest BCUT2D eigenvalue weighted by atomic mass is 32.2. The molecular weight excluding hydrogens is 463 g/mol. The van der Waals surface area contributed by atoms with Crippen molar-refractivity contribution in [2.24, 2.45) is 5.92 Å². The van der Waals surface area contributed by atoms with Crippen LogP contribution in [0.2, 0.25) is 0 Å². The first-order valence-corrected chi connectivity index (χ1v) is 12.6. The fourth-order valence-electron chi connectivity index (χ4n) is 3.93. The molecule has 1 aromatic carbocycles. The van der Waals surface area contributed by atoms with Crippen molar-refractivity contribution in [3.05, 3.63) is 50.9 Å². The van der Waals surface area contributed by atoms with Crippen LogP contribution in [0.15, 0.2) is 34.2 Å². The molecule has 0 spiro atoms. The number of nitrogens with zero attached hydrogens (tertiary/aromatic N) is 2. The van der Waals surface area contributed by atoms with Crippen LogP contribution in [0.25, 0.3) is 15.9 Å². The zero-order chi connectivity index (χ0) is 23.7. The predicted molar refractivity (Wildman–Crippen MR) is 129 cm³/mol. The Morgan fingerprint density at radius 3 is 2.85 bits per heavy atom. The fourth-order valence-corrected chi connectivity index (χ4v) is 6.27. The molecular formula is C23H25FN4O3S2. The number of aryl methyl sites for hydroxylation is 1. The number of carbonyl (C=O) groups excluding carboxylic acids is 2. The minimum absolute atomic E-state index is 0.0832. The van der Waals surface area contributed by atoms with E-state index in [9.17, 15) is 18.8 Å². The van der Waals surface area contributed by atoms with Crippen molar-refractivity contribution < 1.29 is 14.0 Å². The lowest BCUT2D eigenvalue weighted by atomic mass is 9.89. The lowest BCUT2D eigenvalue weighted by Crippen LogP contribution is -2.42. The average molecular weight is 489 g/mol. The van der Waals surface area contributed by atoms with Gasteiger partial charge < -0.3 is 5.32 Å². The van der Waals surface area contributed by atoms with Crippen LogP contribution in [-0.2, 0) is 17.6 Å². The van der Waals surface area contributed by atoms with Crippen LogP contribution in [0.1, 0.15) is 37.6 Å². The molecule has 2 N–H and O–H groups in total. The summed E-state index contributed by atoms with van der Waals surface area (Å²) in [6.45, 7) is 5.93. The maximum Gasteiger partial charge on any atom is 0.321 e. The van der Waals surface area contributed by atoms with Gasteiger partial charge >= 0.3 is 6.03 Å². The Labute approximate surface area is 198 Å². The second-order valence-electron chi connectivity index (χ2n) is 8.13. The SMILES string of the molecule is CCNC(=O)NC(=O)[C@@H](C)Sc1nc2sc3c(c2c(=O)n1-c1ccccc1F)CC[C@@H](C)C3. The van der Waals surface area contributed by atoms with Gasteiger partial charge in [0.2, 0.25) is 5.91 Å². The summed E-state index contributed by atoms with van der Waals surface area (Å²) in [5, 5.41) is 4.78. The topological polar surface area (TPSA) is 93.1 Å². The maximum atomic E-state index is 14.8. The first kappa shape index (κ1) is 23.4. The molecule has 0 unspecified atom stereocenters. The summed E-state index contributed by atoms with van der Waals surface area (Å²) < 4.78 is 16.0. The Kier molecular flexibility index (Phi) is 6.85. The Morgan fingerprint density at radius 1 is 1.36 bits per heavy atom. The maximum absolute atomic E-state index is 14.8. The van der Waals surface area contributed by atoms with Gasteiger partial charge in [0.25, 0.3) is 5.56 Å². The van der Waals surface area contributed by atoms with Crippen LogP contribution < -0.4 is 16.2 Å². The van der Waals surface area contributed by atoms with Gasteiger partial charge in [0.1, 0.15) is 10.6 Å². The van der Waals surface area contributed by atoms with Crippen LogP contribution >= 0.6 is 23.1 Å². The number of halogens is 1. The van der Waals surface area contributed by atoms with Crippen LogP contribution in [0.5, 0.6) is 0 Å². The van der Waals surface area contributed by atoms with E-state index in [1.165, 1.54) is 28.0 Å². The zero-order valence-electron chi connectivity index (χ0n) is 18.6. The van der Waals surface area contributed by atoms with Gasteiger partial charge in [-0.3, -0.25) is 19.5 Å². The molecule has 10 heteroatoms. The average Bonchev–Trinajstić information content (AvgIpc) is 3.12. The Hall–Kier alpha value is -2.72. The number of aromatic nitrogens is 2. The predicted octanol–water partition coefficient (Wildman–Crippen LogP) is 4.04. The van der Waals surface area contributed by atoms with E-state index in [4.69, 9.17) is 4.98 Å². The number of thiophene rings is 1. The van der Waals surface area contributed by atoms with E-state index in [1.807, 2.05) is 0 Å². The molecule has 4 rings (SSSR count). The summed E-state index contributed by atoms with van der Waals surface area (Å²) in [4.78, 5) is 44.4. The number of imide groups is 1. The van der Waals surface area contributed by atoms with E-state index in [1.54, 1.807) is 26.0 Å². The molecule has 3 amide bonds. The highest BCUT2D eigenvalue weighted by Gasteiger charge is 2.27. The summed E-state index contributed by atoms with van der Waals surface area (Å²) in [6.07, 6.45) is 2.68. The van der Waals surface area contributed by atoms with Gasteiger partial charge in [-0.2, -0.15) is 0 Å². The Balaban J connectivity index is 1.82. The summed E-state index contributed by atoms with van der Waals surface area (Å²) in [5.74, 6) is -0.550. The number of urea groups is 1. The fraction of sp³-hybridized carbons (Fsp3) is 0.391. The molecule has 2 atom stereocenters. The molecule has 2 heterocycles. The smallest absolute Gasteiger partial charge is 0.321 e. The molecule has 0 saturated heterocycles. The highest BCUT2D eigenvalue weighted by molar-refractivity contribution is 8.00. The molecule has 0 saturated carbocycles. The molecule has 0 fully saturated rings. The molecule has 2 aromatic heterocycles. The Morgan fingerprint density at radius 2 is 2.12 bits per heavy atom. The number of carbonyl (C=O) groups is 2. The number of fused-ring (bicyclic) bond motifs is 3. The summed E-state index contributed by atoms with van der Waals surface area (Å²) in [6, 6.07) is 5.42. The van der Waals surface area contributed by atoms with Crippen LogP contribution in [-0.4, -0.2) is 33.3 Å². The lowest BCUT2D eigenvalue weighted by molar-refractivity contribution is -0.119. The molecule has 174 valence electrons. The number of nitrogens with one attached hydrogen (secondary N) is 2. The number of thioether (sulfide) groups is 1. The van der Waals surface area contributed by atoms with E-state index in [2.05, 4.69) is 17.6 Å². The molecule has 0 aliphatic heterocycles. The van der Waals surface area contributed by atoms with E-state index in [0.717, 1.165) is 41.5 Å². The second kappa shape index (κ2) is 9.64. The second-order valence-corrected chi connectivity index (χ2v) is 10.5. The minimum Gasteiger partial charge on any atom is -0.338 e. The van der Waals surface area contributed by atoms with Crippen LogP contribution in [0.4, 0.5) is 9.18 Å². The Bertz CT molecular complexity index is 1290. The van der Waals surface area contributed by atoms with E-state index < -0.39 is 23.0 Å². The van der Waals surface area contributed by atoms with Crippen molar-refractivity contribution in [2.45, 2.75) is 50.4 Å². The van der Waals surface area contributed by atoms with Gasteiger partial charge in [0.15, 0.2) is 5.16 Å². The van der Waals surface area contributed by atoms with Gasteiger partial charge in [-0.25, -0.2) is 14.2 Å². The third kappa shape index (κ3) is 4.67. The van der Waals surface area contributed by atoms with Gasteiger partial charge in [-0.1, -0.05) is 30.8 Å². The highest BCUT2D eigenvalue weighted by Crippen LogP contribution is 2.37. The molecule has 0 bridgehead atoms. The number of hydrogen-bond acceptors (Lipinski definition) is 6. The monoisotopic (exact) mass is 488 g/mol. The normalized spacial score (nSPS) is 16.3. The van der Waals surface area contributed by atoms with Crippen molar-refractivity contribution >= 4 is 45.3 Å². The van der Waals surface area contributed by atoms with Crippen molar-refractivity contribution in [1.29, 1.82) is 0 Å². The van der Waals surface area contributed by atoms with E-state index in [-0.39, 0.29) is 16.4 Å². The van der Waals surface area contributed by atoms with Gasteiger partial charge in [0.05, 0.1) is 16.3 Å². The van der Waals surface area contributed by atoms with Crippen molar-refractivity contribution in [3.8, 4) is 5.69 Å². The van der Waals surface area contributed by atoms with Crippen molar-refractivity contribution in [2.75, 3.05) is 6.54 Å². The van der Waals surface area contributed by atoms with Crippen LogP contribution in [0.3, 0.4) is 0 Å². The summed E-state index contributed by atoms with van der Waals surface area (Å²) >= 11 is 2.51. The van der Waals surface area contributed by atoms with E-state index in [0.29, 0.717) is 22.7 Å². The first-order chi connectivity index (χ1) is 15.8. The minimum atomic E-state index is -0.746. The number of rotatable bonds is 5. The molecule has 7 nitrogen and oxygen atoms in total. The molecule has 1 aliphatic carbocycles. The first-order valence-electron chi connectivity index (χ1n) is 10.9. The third-order valence-electron chi connectivity index (χ3n) is 5.62. The van der Waals surface area contributed by atoms with E-state index >= 15 is 0 Å². The molecule has 1 aliphatic rings. The zero-order valence-corrected chi connectivity index (χ0v) is 20.2. The molecule has 0 radical (unpaired) electrons. The van der Waals surface area contributed by atoms with Gasteiger partial charge in [-0.15, -0.1) is 11.3 Å². The lowest BCUT2D eigenvalue weighted by Gasteiger charge is -2.18. The van der Waals surface area contributed by atoms with Crippen molar-refractivity contribution in [3.63, 3.8) is 0 Å². The number of para-hydroxylation sites is 1. The summed E-state index contributed by atoms with van der Waals surface area (Å²) in [5.41, 5.74) is 0.755. The largest absolute Gasteiger partial charge is 0.338 e. The van der Waals surface area contributed by atoms with Gasteiger partial charge in [-0.05, 0) is 56.7 Å². The summed E-state index contributed by atoms with van der Waals surface area (Å²) in [7, 11) is 0. The number of hydrogen-bond donors (Lipinski definition) is 2. The van der Waals surface area contributed by atoms with Crippen LogP contribution in [0, 0.1) is 11.7 Å². The molecule has 3 aromatic rings. The number of amides is 3. The standard InChI is InChI=1S/C23H25FN4O3S2/c1-4-25-22(31)26-19(29)13(3)32-23-27-20-18(14-10-9-12(2)11-17(14)33-20)21(30)28(23)16-8-6-5-7-15(16)24/h5-8,12-13H,4,9-11H2,1-3H3,(H2,25,26,29,31)/t12-,13-/m1/s1. The number of benzene rings is 1. The van der Waals surface area contributed by atoms with Crippen molar-refractivity contribution in [1.82, 2.24) is 20.2 Å².